The number of hydrogen-bond donors (Lipinski definition) is 0. The van der Waals surface area contributed by atoms with Crippen LogP contribution in [0.4, 0.5) is 5.69 Å². The second-order valence-corrected chi connectivity index (χ2v) is 12.1. The molecule has 0 unspecified atom stereocenters. The van der Waals surface area contributed by atoms with E-state index in [1.807, 2.05) is 43.3 Å². The number of anilines is 1. The second kappa shape index (κ2) is 9.40. The molecular formula is C26H30N2O4S2. The van der Waals surface area contributed by atoms with E-state index in [1.54, 1.807) is 33.1 Å². The summed E-state index contributed by atoms with van der Waals surface area (Å²) in [6, 6.07) is 14.4. The molecule has 2 aromatic carbocycles. The second-order valence-electron chi connectivity index (χ2n) is 9.14. The first-order valence-corrected chi connectivity index (χ1v) is 14.4. The summed E-state index contributed by atoms with van der Waals surface area (Å²) in [6.07, 6.45) is 4.58. The van der Waals surface area contributed by atoms with Crippen LogP contribution in [-0.2, 0) is 14.8 Å². The van der Waals surface area contributed by atoms with Gasteiger partial charge in [0, 0.05) is 29.8 Å². The summed E-state index contributed by atoms with van der Waals surface area (Å²) in [6.45, 7) is 4.05. The quantitative estimate of drug-likeness (QED) is 0.433. The number of rotatable bonds is 5. The number of para-hydroxylation sites is 1. The maximum absolute atomic E-state index is 14.2. The third-order valence-electron chi connectivity index (χ3n) is 6.88. The van der Waals surface area contributed by atoms with E-state index in [-0.39, 0.29) is 16.8 Å². The summed E-state index contributed by atoms with van der Waals surface area (Å²) in [4.78, 5) is 15.2. The van der Waals surface area contributed by atoms with Crippen molar-refractivity contribution < 1.29 is 17.6 Å². The van der Waals surface area contributed by atoms with Gasteiger partial charge in [0.05, 0.1) is 16.6 Å². The first kappa shape index (κ1) is 23.5. The predicted molar refractivity (Wildman–Crippen MR) is 136 cm³/mol. The lowest BCUT2D eigenvalue weighted by Crippen LogP contribution is -2.40. The minimum atomic E-state index is -3.84. The van der Waals surface area contributed by atoms with Gasteiger partial charge in [-0.05, 0) is 62.3 Å². The van der Waals surface area contributed by atoms with Crippen LogP contribution >= 0.6 is 11.8 Å². The molecule has 34 heavy (non-hydrogen) atoms. The van der Waals surface area contributed by atoms with Crippen molar-refractivity contribution in [2.24, 2.45) is 0 Å². The Balaban J connectivity index is 1.58. The Labute approximate surface area is 205 Å². The van der Waals surface area contributed by atoms with Crippen LogP contribution in [0, 0.1) is 0 Å². The zero-order valence-corrected chi connectivity index (χ0v) is 21.2. The number of carbonyl (C=O) groups excluding carboxylic acids is 1. The van der Waals surface area contributed by atoms with Gasteiger partial charge in [-0.15, -0.1) is 11.8 Å². The van der Waals surface area contributed by atoms with E-state index in [2.05, 4.69) is 0 Å². The number of hydrogen-bond acceptors (Lipinski definition) is 5. The molecule has 0 radical (unpaired) electrons. The number of sulfonamides is 1. The zero-order chi connectivity index (χ0) is 23.9. The van der Waals surface area contributed by atoms with Crippen LogP contribution in [0.2, 0.25) is 0 Å². The van der Waals surface area contributed by atoms with Crippen molar-refractivity contribution in [2.45, 2.75) is 67.8 Å². The molecule has 1 aliphatic heterocycles. The van der Waals surface area contributed by atoms with Crippen molar-refractivity contribution in [3.8, 4) is 0 Å². The highest BCUT2D eigenvalue weighted by Gasteiger charge is 2.39. The Morgan fingerprint density at radius 1 is 1.12 bits per heavy atom. The third kappa shape index (κ3) is 4.27. The van der Waals surface area contributed by atoms with Crippen molar-refractivity contribution in [3.05, 3.63) is 54.3 Å². The minimum absolute atomic E-state index is 0.0680. The van der Waals surface area contributed by atoms with Crippen LogP contribution in [-0.4, -0.2) is 37.0 Å². The van der Waals surface area contributed by atoms with Gasteiger partial charge in [0.1, 0.15) is 11.3 Å². The molecule has 3 aromatic rings. The lowest BCUT2D eigenvalue weighted by molar-refractivity contribution is -0.116. The molecule has 0 bridgehead atoms. The number of carbonyl (C=O) groups is 1. The van der Waals surface area contributed by atoms with Gasteiger partial charge in [-0.2, -0.15) is 4.31 Å². The van der Waals surface area contributed by atoms with Gasteiger partial charge < -0.3 is 9.32 Å². The van der Waals surface area contributed by atoms with Crippen LogP contribution < -0.4 is 4.90 Å². The van der Waals surface area contributed by atoms with Crippen molar-refractivity contribution in [1.82, 2.24) is 4.31 Å². The Bertz CT molecular complexity index is 1280. The topological polar surface area (TPSA) is 70.8 Å². The normalized spacial score (nSPS) is 18.3. The number of thioether (sulfide) groups is 1. The van der Waals surface area contributed by atoms with E-state index in [1.165, 1.54) is 6.92 Å². The highest BCUT2D eigenvalue weighted by atomic mass is 32.2. The molecule has 0 N–H and O–H groups in total. The van der Waals surface area contributed by atoms with E-state index in [9.17, 15) is 13.2 Å². The van der Waals surface area contributed by atoms with Crippen LogP contribution in [0.1, 0.15) is 57.8 Å². The fourth-order valence-corrected chi connectivity index (χ4v) is 8.02. The van der Waals surface area contributed by atoms with E-state index in [4.69, 9.17) is 4.42 Å². The number of benzene rings is 2. The molecule has 1 atom stereocenters. The average molecular weight is 499 g/mol. The van der Waals surface area contributed by atoms with Gasteiger partial charge in [0.15, 0.2) is 0 Å². The standard InChI is InChI=1S/C26H30N2O4S2/c1-18(25-16-20-8-3-6-11-24(20)32-25)28(21-9-4-5-10-21)34(30,31)22-12-13-26-23(17-22)27(19(2)29)14-7-15-33-26/h3,6,8,11-13,16-18,21H,4-5,7,9-10,14-15H2,1-2H3/t18-/m1/s1. The van der Waals surface area contributed by atoms with E-state index in [0.29, 0.717) is 18.0 Å². The highest BCUT2D eigenvalue weighted by Crippen LogP contribution is 2.40. The molecule has 1 aromatic heterocycles. The molecule has 2 heterocycles. The smallest absolute Gasteiger partial charge is 0.244 e. The predicted octanol–water partition coefficient (Wildman–Crippen LogP) is 5.98. The Kier molecular flexibility index (Phi) is 6.48. The van der Waals surface area contributed by atoms with Crippen molar-refractivity contribution in [3.63, 3.8) is 0 Å². The summed E-state index contributed by atoms with van der Waals surface area (Å²) in [5.41, 5.74) is 1.45. The van der Waals surface area contributed by atoms with Crippen molar-refractivity contribution in [2.75, 3.05) is 17.2 Å². The Morgan fingerprint density at radius 2 is 1.88 bits per heavy atom. The van der Waals surface area contributed by atoms with Gasteiger partial charge in [-0.1, -0.05) is 31.0 Å². The van der Waals surface area contributed by atoms with Gasteiger partial charge in [0.25, 0.3) is 0 Å². The lowest BCUT2D eigenvalue weighted by atomic mass is 10.1. The van der Waals surface area contributed by atoms with Gasteiger partial charge in [-0.3, -0.25) is 4.79 Å². The molecule has 1 aliphatic carbocycles. The van der Waals surface area contributed by atoms with Gasteiger partial charge in [-0.25, -0.2) is 8.42 Å². The van der Waals surface area contributed by atoms with Crippen LogP contribution in [0.15, 0.2) is 62.7 Å². The summed E-state index contributed by atoms with van der Waals surface area (Å²) < 4.78 is 36.1. The average Bonchev–Trinajstić information content (AvgIpc) is 3.44. The largest absolute Gasteiger partial charge is 0.459 e. The maximum Gasteiger partial charge on any atom is 0.244 e. The minimum Gasteiger partial charge on any atom is -0.459 e. The summed E-state index contributed by atoms with van der Waals surface area (Å²) in [5, 5.41) is 0.965. The van der Waals surface area contributed by atoms with Crippen molar-refractivity contribution >= 4 is 44.3 Å². The number of amides is 1. The van der Waals surface area contributed by atoms with Crippen LogP contribution in [0.3, 0.4) is 0 Å². The first-order chi connectivity index (χ1) is 16.4. The van der Waals surface area contributed by atoms with Crippen molar-refractivity contribution in [1.29, 1.82) is 0 Å². The van der Waals surface area contributed by atoms with Gasteiger partial charge >= 0.3 is 0 Å². The number of furan rings is 1. The lowest BCUT2D eigenvalue weighted by Gasteiger charge is -2.33. The molecule has 0 spiro atoms. The Morgan fingerprint density at radius 3 is 2.62 bits per heavy atom. The number of nitrogens with zero attached hydrogens (tertiary/aromatic N) is 2. The summed E-state index contributed by atoms with van der Waals surface area (Å²) >= 11 is 1.67. The fourth-order valence-electron chi connectivity index (χ4n) is 5.18. The monoisotopic (exact) mass is 498 g/mol. The summed E-state index contributed by atoms with van der Waals surface area (Å²) in [5.74, 6) is 1.48. The summed E-state index contributed by atoms with van der Waals surface area (Å²) in [7, 11) is -3.84. The molecule has 180 valence electrons. The molecule has 1 saturated carbocycles. The molecule has 0 saturated heterocycles. The SMILES string of the molecule is CC(=O)N1CCCSc2ccc(S(=O)(=O)N(C3CCCC3)[C@H](C)c3cc4ccccc4o3)cc21. The van der Waals surface area contributed by atoms with Gasteiger partial charge in [0.2, 0.25) is 15.9 Å². The Hall–Kier alpha value is -2.29. The fraction of sp³-hybridized carbons (Fsp3) is 0.423. The van der Waals surface area contributed by atoms with E-state index in [0.717, 1.165) is 53.7 Å². The molecular weight excluding hydrogens is 468 g/mol. The highest BCUT2D eigenvalue weighted by molar-refractivity contribution is 7.99. The molecule has 1 fully saturated rings. The first-order valence-electron chi connectivity index (χ1n) is 11.9. The maximum atomic E-state index is 14.2. The van der Waals surface area contributed by atoms with E-state index < -0.39 is 16.1 Å². The number of fused-ring (bicyclic) bond motifs is 2. The van der Waals surface area contributed by atoms with Crippen LogP contribution in [0.5, 0.6) is 0 Å². The van der Waals surface area contributed by atoms with E-state index >= 15 is 0 Å². The molecule has 8 heteroatoms. The zero-order valence-electron chi connectivity index (χ0n) is 19.6. The molecule has 6 nitrogen and oxygen atoms in total. The molecule has 5 rings (SSSR count). The molecule has 1 amide bonds. The van der Waals surface area contributed by atoms with Crippen LogP contribution in [0.25, 0.3) is 11.0 Å². The third-order valence-corrected chi connectivity index (χ3v) is 10.1. The molecule has 2 aliphatic rings.